The van der Waals surface area contributed by atoms with Gasteiger partial charge in [-0.2, -0.15) is 5.26 Å². The van der Waals surface area contributed by atoms with Crippen LogP contribution in [-0.2, 0) is 11.2 Å². The summed E-state index contributed by atoms with van der Waals surface area (Å²) in [7, 11) is 1.68. The number of carbonyl (C=O) groups is 1. The minimum Gasteiger partial charge on any atom is -0.495 e. The van der Waals surface area contributed by atoms with Gasteiger partial charge in [0.2, 0.25) is 5.91 Å². The fraction of sp³-hybridized carbons (Fsp3) is 0.517. The number of carbonyl (C=O) groups excluding carboxylic acids is 1. The molecule has 6 heteroatoms. The van der Waals surface area contributed by atoms with Gasteiger partial charge in [0.25, 0.3) is 0 Å². The molecule has 2 aromatic rings. The van der Waals surface area contributed by atoms with Gasteiger partial charge >= 0.3 is 0 Å². The average molecular weight is 473 g/mol. The summed E-state index contributed by atoms with van der Waals surface area (Å²) in [6, 6.07) is 16.6. The van der Waals surface area contributed by atoms with Crippen molar-refractivity contribution >= 4 is 17.3 Å². The lowest BCUT2D eigenvalue weighted by Crippen LogP contribution is -2.55. The molecule has 35 heavy (non-hydrogen) atoms. The topological polar surface area (TPSA) is 59.8 Å². The molecule has 1 unspecified atom stereocenters. The second-order valence-corrected chi connectivity index (χ2v) is 10.2. The number of amides is 1. The highest BCUT2D eigenvalue weighted by Gasteiger charge is 2.36. The van der Waals surface area contributed by atoms with Gasteiger partial charge in [-0.05, 0) is 55.5 Å². The van der Waals surface area contributed by atoms with E-state index in [1.807, 2.05) is 12.1 Å². The van der Waals surface area contributed by atoms with Gasteiger partial charge in [0.15, 0.2) is 0 Å². The molecule has 0 aromatic heterocycles. The van der Waals surface area contributed by atoms with Gasteiger partial charge in [0.1, 0.15) is 5.75 Å². The van der Waals surface area contributed by atoms with Crippen LogP contribution >= 0.6 is 0 Å². The van der Waals surface area contributed by atoms with Crippen molar-refractivity contribution in [3.05, 3.63) is 53.6 Å². The predicted molar refractivity (Wildman–Crippen MR) is 139 cm³/mol. The fourth-order valence-electron chi connectivity index (χ4n) is 6.10. The van der Waals surface area contributed by atoms with Gasteiger partial charge in [0, 0.05) is 50.4 Å². The van der Waals surface area contributed by atoms with Gasteiger partial charge in [-0.25, -0.2) is 0 Å². The summed E-state index contributed by atoms with van der Waals surface area (Å²) in [5.74, 6) is 1.33. The number of hydrogen-bond acceptors (Lipinski definition) is 5. The Morgan fingerprint density at radius 3 is 2.51 bits per heavy atom. The van der Waals surface area contributed by atoms with Crippen LogP contribution in [0.15, 0.2) is 42.5 Å². The first-order valence-corrected chi connectivity index (χ1v) is 13.1. The van der Waals surface area contributed by atoms with Gasteiger partial charge in [-0.1, -0.05) is 37.5 Å². The monoisotopic (exact) mass is 472 g/mol. The lowest BCUT2D eigenvalue weighted by Gasteiger charge is -2.44. The maximum absolute atomic E-state index is 13.8. The zero-order chi connectivity index (χ0) is 24.2. The quantitative estimate of drug-likeness (QED) is 0.636. The van der Waals surface area contributed by atoms with Gasteiger partial charge < -0.3 is 14.5 Å². The molecule has 0 radical (unpaired) electrons. The highest BCUT2D eigenvalue weighted by molar-refractivity contribution is 5.97. The van der Waals surface area contributed by atoms with Crippen molar-refractivity contribution in [3.8, 4) is 11.8 Å². The smallest absolute Gasteiger partial charge is 0.230 e. The number of fused-ring (bicyclic) bond motifs is 1. The zero-order valence-electron chi connectivity index (χ0n) is 20.8. The molecular weight excluding hydrogens is 436 g/mol. The highest BCUT2D eigenvalue weighted by Crippen LogP contribution is 2.36. The number of nitriles is 1. The number of piperazine rings is 1. The van der Waals surface area contributed by atoms with Crippen LogP contribution in [0.3, 0.4) is 0 Å². The maximum atomic E-state index is 13.8. The summed E-state index contributed by atoms with van der Waals surface area (Å²) in [6.07, 6.45) is 7.74. The molecule has 2 aliphatic heterocycles. The third-order valence-electron chi connectivity index (χ3n) is 8.04. The van der Waals surface area contributed by atoms with E-state index < -0.39 is 0 Å². The Labute approximate surface area is 209 Å². The molecule has 3 aliphatic rings. The number of anilines is 2. The second kappa shape index (κ2) is 10.7. The molecule has 6 nitrogen and oxygen atoms in total. The molecule has 0 N–H and O–H groups in total. The molecular formula is C29H36N4O2. The van der Waals surface area contributed by atoms with Crippen molar-refractivity contribution in [2.24, 2.45) is 5.92 Å². The van der Waals surface area contributed by atoms with E-state index in [9.17, 15) is 10.1 Å². The van der Waals surface area contributed by atoms with Crippen LogP contribution in [-0.4, -0.2) is 56.7 Å². The molecule has 2 aromatic carbocycles. The molecule has 1 atom stereocenters. The van der Waals surface area contributed by atoms with Crippen LogP contribution in [0.5, 0.6) is 5.75 Å². The van der Waals surface area contributed by atoms with Crippen molar-refractivity contribution in [2.45, 2.75) is 51.0 Å². The molecule has 0 spiro atoms. The van der Waals surface area contributed by atoms with E-state index >= 15 is 0 Å². The number of benzene rings is 2. The Hall–Kier alpha value is -3.04. The third-order valence-corrected chi connectivity index (χ3v) is 8.04. The Morgan fingerprint density at radius 2 is 1.77 bits per heavy atom. The van der Waals surface area contributed by atoms with Crippen LogP contribution in [0.4, 0.5) is 11.4 Å². The van der Waals surface area contributed by atoms with E-state index in [1.54, 1.807) is 13.2 Å². The summed E-state index contributed by atoms with van der Waals surface area (Å²) in [5, 5.41) is 9.33. The van der Waals surface area contributed by atoms with E-state index in [0.717, 1.165) is 75.5 Å². The van der Waals surface area contributed by atoms with Gasteiger partial charge in [-0.15, -0.1) is 0 Å². The number of ether oxygens (including phenoxy) is 1. The second-order valence-electron chi connectivity index (χ2n) is 10.2. The number of nitrogens with zero attached hydrogens (tertiary/aromatic N) is 4. The van der Waals surface area contributed by atoms with E-state index in [4.69, 9.17) is 4.74 Å². The van der Waals surface area contributed by atoms with Crippen LogP contribution in [0.25, 0.3) is 0 Å². The summed E-state index contributed by atoms with van der Waals surface area (Å²) in [6.45, 7) is 4.54. The first-order chi connectivity index (χ1) is 17.2. The molecule has 1 amide bonds. The summed E-state index contributed by atoms with van der Waals surface area (Å²) in [4.78, 5) is 20.8. The molecule has 0 bridgehead atoms. The fourth-order valence-corrected chi connectivity index (χ4v) is 6.10. The van der Waals surface area contributed by atoms with Crippen molar-refractivity contribution in [1.29, 1.82) is 5.26 Å². The third kappa shape index (κ3) is 5.01. The number of aryl methyl sites for hydroxylation is 1. The van der Waals surface area contributed by atoms with Crippen molar-refractivity contribution in [3.63, 3.8) is 0 Å². The minimum absolute atomic E-state index is 0.175. The van der Waals surface area contributed by atoms with E-state index in [2.05, 4.69) is 45.0 Å². The van der Waals surface area contributed by atoms with Gasteiger partial charge in [0.05, 0.1) is 24.4 Å². The molecule has 1 saturated carbocycles. The Bertz CT molecular complexity index is 1080. The number of rotatable bonds is 5. The largest absolute Gasteiger partial charge is 0.495 e. The minimum atomic E-state index is 0.175. The standard InChI is InChI=1S/C29H36N4O2/c1-35-28-14-11-22(20-30)19-27(28)32-17-15-31(16-18-32)21-25-13-12-23-7-5-6-10-26(23)33(25)29(34)24-8-3-2-4-9-24/h5-7,10-11,14,19,24-25H,2-4,8-9,12-13,15-18,21H2,1H3. The first-order valence-electron chi connectivity index (χ1n) is 13.1. The SMILES string of the molecule is COc1ccc(C#N)cc1N1CCN(CC2CCc3ccccc3N2C(=O)C2CCCCC2)CC1. The van der Waals surface area contributed by atoms with Crippen LogP contribution in [0, 0.1) is 17.2 Å². The van der Waals surface area contributed by atoms with Crippen LogP contribution in [0.1, 0.15) is 49.7 Å². The van der Waals surface area contributed by atoms with Gasteiger partial charge in [-0.3, -0.25) is 9.69 Å². The van der Waals surface area contributed by atoms with Crippen molar-refractivity contribution < 1.29 is 9.53 Å². The van der Waals surface area contributed by atoms with E-state index in [0.29, 0.717) is 11.5 Å². The normalized spacial score (nSPS) is 21.3. The van der Waals surface area contributed by atoms with Crippen molar-refractivity contribution in [1.82, 2.24) is 4.90 Å². The summed E-state index contributed by atoms with van der Waals surface area (Å²) in [5.41, 5.74) is 4.09. The first kappa shape index (κ1) is 23.7. The maximum Gasteiger partial charge on any atom is 0.230 e. The Balaban J connectivity index is 1.29. The average Bonchev–Trinajstić information content (AvgIpc) is 2.93. The van der Waals surface area contributed by atoms with Crippen LogP contribution in [0.2, 0.25) is 0 Å². The summed E-state index contributed by atoms with van der Waals surface area (Å²) >= 11 is 0. The Morgan fingerprint density at radius 1 is 1.00 bits per heavy atom. The Kier molecular flexibility index (Phi) is 7.24. The number of hydrogen-bond donors (Lipinski definition) is 0. The molecule has 5 rings (SSSR count). The molecule has 2 heterocycles. The van der Waals surface area contributed by atoms with E-state index in [-0.39, 0.29) is 12.0 Å². The molecule has 1 aliphatic carbocycles. The predicted octanol–water partition coefficient (Wildman–Crippen LogP) is 4.62. The molecule has 2 fully saturated rings. The highest BCUT2D eigenvalue weighted by atomic mass is 16.5. The lowest BCUT2D eigenvalue weighted by atomic mass is 9.86. The number of para-hydroxylation sites is 1. The molecule has 1 saturated heterocycles. The van der Waals surface area contributed by atoms with E-state index in [1.165, 1.54) is 24.8 Å². The molecule has 184 valence electrons. The van der Waals surface area contributed by atoms with Crippen LogP contribution < -0.4 is 14.5 Å². The number of methoxy groups -OCH3 is 1. The summed E-state index contributed by atoms with van der Waals surface area (Å²) < 4.78 is 5.57. The van der Waals surface area contributed by atoms with Crippen molar-refractivity contribution in [2.75, 3.05) is 49.6 Å². The lowest BCUT2D eigenvalue weighted by molar-refractivity contribution is -0.124. The zero-order valence-corrected chi connectivity index (χ0v) is 20.8.